The molecule has 0 unspecified atom stereocenters. The van der Waals surface area contributed by atoms with E-state index in [0.717, 1.165) is 37.9 Å². The lowest BCUT2D eigenvalue weighted by Crippen LogP contribution is -2.38. The van der Waals surface area contributed by atoms with E-state index < -0.39 is 0 Å². The van der Waals surface area contributed by atoms with Gasteiger partial charge < -0.3 is 14.2 Å². The van der Waals surface area contributed by atoms with Gasteiger partial charge in [-0.2, -0.15) is 0 Å². The lowest BCUT2D eigenvalue weighted by atomic mass is 9.91. The summed E-state index contributed by atoms with van der Waals surface area (Å²) in [5.41, 5.74) is 1.76. The Morgan fingerprint density at radius 1 is 1.15 bits per heavy atom. The predicted molar refractivity (Wildman–Crippen MR) is 99.5 cm³/mol. The SMILES string of the molecule is CN(Cc1ccccc1)C(=O)CCC1CCN(C(=O)c2ccoc2)CC1. The van der Waals surface area contributed by atoms with Gasteiger partial charge in [0.2, 0.25) is 5.91 Å². The summed E-state index contributed by atoms with van der Waals surface area (Å²) in [5.74, 6) is 0.735. The second kappa shape index (κ2) is 8.70. The Kier molecular flexibility index (Phi) is 6.10. The number of nitrogens with zero attached hydrogens (tertiary/aromatic N) is 2. The third-order valence-electron chi connectivity index (χ3n) is 5.12. The van der Waals surface area contributed by atoms with Gasteiger partial charge in [0.05, 0.1) is 11.8 Å². The van der Waals surface area contributed by atoms with E-state index in [-0.39, 0.29) is 11.8 Å². The fraction of sp³-hybridized carbons (Fsp3) is 0.429. The lowest BCUT2D eigenvalue weighted by Gasteiger charge is -2.32. The maximum absolute atomic E-state index is 12.4. The number of hydrogen-bond donors (Lipinski definition) is 0. The van der Waals surface area contributed by atoms with Gasteiger partial charge in [-0.15, -0.1) is 0 Å². The predicted octanol–water partition coefficient (Wildman–Crippen LogP) is 3.57. The molecule has 2 amide bonds. The third kappa shape index (κ3) is 4.75. The van der Waals surface area contributed by atoms with Crippen LogP contribution in [0.3, 0.4) is 0 Å². The van der Waals surface area contributed by atoms with Crippen LogP contribution in [-0.2, 0) is 11.3 Å². The number of carbonyl (C=O) groups is 2. The molecule has 26 heavy (non-hydrogen) atoms. The summed E-state index contributed by atoms with van der Waals surface area (Å²) in [7, 11) is 1.86. The fourth-order valence-corrected chi connectivity index (χ4v) is 3.46. The number of amides is 2. The molecule has 1 aliphatic rings. The lowest BCUT2D eigenvalue weighted by molar-refractivity contribution is -0.130. The van der Waals surface area contributed by atoms with Crippen molar-refractivity contribution in [1.82, 2.24) is 9.80 Å². The average Bonchev–Trinajstić information content (AvgIpc) is 3.21. The summed E-state index contributed by atoms with van der Waals surface area (Å²) in [6, 6.07) is 11.7. The van der Waals surface area contributed by atoms with Crippen molar-refractivity contribution in [3.63, 3.8) is 0 Å². The van der Waals surface area contributed by atoms with Gasteiger partial charge in [0, 0.05) is 33.1 Å². The summed E-state index contributed by atoms with van der Waals surface area (Å²) in [4.78, 5) is 28.3. The zero-order valence-corrected chi connectivity index (χ0v) is 15.3. The molecule has 3 rings (SSSR count). The molecule has 2 heterocycles. The van der Waals surface area contributed by atoms with Gasteiger partial charge in [-0.1, -0.05) is 30.3 Å². The van der Waals surface area contributed by atoms with Crippen LogP contribution in [-0.4, -0.2) is 41.8 Å². The number of carbonyl (C=O) groups excluding carboxylic acids is 2. The van der Waals surface area contributed by atoms with E-state index in [9.17, 15) is 9.59 Å². The molecule has 5 nitrogen and oxygen atoms in total. The highest BCUT2D eigenvalue weighted by atomic mass is 16.3. The molecule has 5 heteroatoms. The summed E-state index contributed by atoms with van der Waals surface area (Å²) < 4.78 is 4.99. The van der Waals surface area contributed by atoms with Crippen molar-refractivity contribution in [2.75, 3.05) is 20.1 Å². The maximum Gasteiger partial charge on any atom is 0.257 e. The number of hydrogen-bond acceptors (Lipinski definition) is 3. The zero-order valence-electron chi connectivity index (χ0n) is 15.3. The minimum absolute atomic E-state index is 0.0378. The summed E-state index contributed by atoms with van der Waals surface area (Å²) in [5, 5.41) is 0. The van der Waals surface area contributed by atoms with Gasteiger partial charge in [0.15, 0.2) is 0 Å². The molecule has 0 spiro atoms. The molecule has 0 atom stereocenters. The van der Waals surface area contributed by atoms with Crippen molar-refractivity contribution in [2.24, 2.45) is 5.92 Å². The largest absolute Gasteiger partial charge is 0.472 e. The van der Waals surface area contributed by atoms with Gasteiger partial charge in [-0.3, -0.25) is 9.59 Å². The van der Waals surface area contributed by atoms with Crippen molar-refractivity contribution in [1.29, 1.82) is 0 Å². The first kappa shape index (κ1) is 18.2. The maximum atomic E-state index is 12.4. The minimum Gasteiger partial charge on any atom is -0.472 e. The quantitative estimate of drug-likeness (QED) is 0.797. The third-order valence-corrected chi connectivity index (χ3v) is 5.12. The first-order chi connectivity index (χ1) is 12.6. The first-order valence-corrected chi connectivity index (χ1v) is 9.23. The zero-order chi connectivity index (χ0) is 18.4. The Labute approximate surface area is 154 Å². The van der Waals surface area contributed by atoms with Gasteiger partial charge >= 0.3 is 0 Å². The van der Waals surface area contributed by atoms with Crippen molar-refractivity contribution in [3.05, 3.63) is 60.1 Å². The minimum atomic E-state index is 0.0378. The van der Waals surface area contributed by atoms with Crippen LogP contribution in [0.4, 0.5) is 0 Å². The summed E-state index contributed by atoms with van der Waals surface area (Å²) in [6.07, 6.45) is 6.40. The highest BCUT2D eigenvalue weighted by molar-refractivity contribution is 5.93. The van der Waals surface area contributed by atoms with Crippen molar-refractivity contribution < 1.29 is 14.0 Å². The Hall–Kier alpha value is -2.56. The molecule has 1 saturated heterocycles. The molecule has 0 bridgehead atoms. The Balaban J connectivity index is 1.39. The molecule has 0 saturated carbocycles. The van der Waals surface area contributed by atoms with E-state index in [1.807, 2.05) is 42.3 Å². The summed E-state index contributed by atoms with van der Waals surface area (Å²) >= 11 is 0. The van der Waals surface area contributed by atoms with E-state index >= 15 is 0 Å². The van der Waals surface area contributed by atoms with E-state index in [1.54, 1.807) is 11.0 Å². The molecule has 0 radical (unpaired) electrons. The van der Waals surface area contributed by atoms with Crippen LogP contribution in [0.5, 0.6) is 0 Å². The first-order valence-electron chi connectivity index (χ1n) is 9.23. The molecule has 2 aromatic rings. The number of furan rings is 1. The highest BCUT2D eigenvalue weighted by Crippen LogP contribution is 2.23. The van der Waals surface area contributed by atoms with Crippen molar-refractivity contribution in [2.45, 2.75) is 32.2 Å². The highest BCUT2D eigenvalue weighted by Gasteiger charge is 2.24. The monoisotopic (exact) mass is 354 g/mol. The van der Waals surface area contributed by atoms with Crippen LogP contribution < -0.4 is 0 Å². The van der Waals surface area contributed by atoms with Crippen LogP contribution >= 0.6 is 0 Å². The number of likely N-dealkylation sites (tertiary alicyclic amines) is 1. The molecule has 0 aliphatic carbocycles. The standard InChI is InChI=1S/C21H26N2O3/c1-22(15-18-5-3-2-4-6-18)20(24)8-7-17-9-12-23(13-10-17)21(25)19-11-14-26-16-19/h2-6,11,14,16-17H,7-10,12-13,15H2,1H3. The van der Waals surface area contributed by atoms with E-state index in [4.69, 9.17) is 4.42 Å². The summed E-state index contributed by atoms with van der Waals surface area (Å²) in [6.45, 7) is 2.16. The van der Waals surface area contributed by atoms with Crippen LogP contribution in [0.1, 0.15) is 41.6 Å². The van der Waals surface area contributed by atoms with Crippen LogP contribution in [0.15, 0.2) is 53.3 Å². The number of piperidine rings is 1. The molecular formula is C21H26N2O3. The average molecular weight is 354 g/mol. The molecule has 1 fully saturated rings. The van der Waals surface area contributed by atoms with E-state index in [0.29, 0.717) is 24.4 Å². The second-order valence-corrected chi connectivity index (χ2v) is 7.02. The second-order valence-electron chi connectivity index (χ2n) is 7.02. The molecule has 138 valence electrons. The molecular weight excluding hydrogens is 328 g/mol. The fourth-order valence-electron chi connectivity index (χ4n) is 3.46. The van der Waals surface area contributed by atoms with Gasteiger partial charge in [0.25, 0.3) is 5.91 Å². The van der Waals surface area contributed by atoms with Gasteiger partial charge in [0.1, 0.15) is 6.26 Å². The smallest absolute Gasteiger partial charge is 0.257 e. The Morgan fingerprint density at radius 3 is 2.54 bits per heavy atom. The number of benzene rings is 1. The van der Waals surface area contributed by atoms with Crippen LogP contribution in [0, 0.1) is 5.92 Å². The molecule has 0 N–H and O–H groups in total. The molecule has 1 aromatic heterocycles. The Bertz CT molecular complexity index is 704. The van der Waals surface area contributed by atoms with Crippen LogP contribution in [0.25, 0.3) is 0 Å². The van der Waals surface area contributed by atoms with Crippen LogP contribution in [0.2, 0.25) is 0 Å². The topological polar surface area (TPSA) is 53.8 Å². The molecule has 1 aliphatic heterocycles. The normalized spacial score (nSPS) is 15.0. The van der Waals surface area contributed by atoms with E-state index in [1.165, 1.54) is 12.5 Å². The van der Waals surface area contributed by atoms with Gasteiger partial charge in [-0.05, 0) is 36.8 Å². The van der Waals surface area contributed by atoms with Crippen molar-refractivity contribution >= 4 is 11.8 Å². The molecule has 1 aromatic carbocycles. The van der Waals surface area contributed by atoms with Gasteiger partial charge in [-0.25, -0.2) is 0 Å². The van der Waals surface area contributed by atoms with E-state index in [2.05, 4.69) is 0 Å². The number of rotatable bonds is 6. The Morgan fingerprint density at radius 2 is 1.88 bits per heavy atom. The van der Waals surface area contributed by atoms with Crippen molar-refractivity contribution in [3.8, 4) is 0 Å².